The van der Waals surface area contributed by atoms with Crippen molar-refractivity contribution in [3.05, 3.63) is 46.0 Å². The molecule has 8 nitrogen and oxygen atoms in total. The highest BCUT2D eigenvalue weighted by atomic mass is 16.5. The van der Waals surface area contributed by atoms with E-state index >= 15 is 0 Å². The smallest absolute Gasteiger partial charge is 0.258 e. The predicted octanol–water partition coefficient (Wildman–Crippen LogP) is 2.22. The summed E-state index contributed by atoms with van der Waals surface area (Å²) in [5.41, 5.74) is 1.19. The molecule has 1 aliphatic rings. The van der Waals surface area contributed by atoms with E-state index < -0.39 is 0 Å². The lowest BCUT2D eigenvalue weighted by Gasteiger charge is -2.33. The number of hydrogen-bond acceptors (Lipinski definition) is 5. The first-order valence-electron chi connectivity index (χ1n) is 11.4. The molecule has 0 radical (unpaired) electrons. The standard InChI is InChI=1S/C23H32N6O2/c1-5-23(3,4)29-21(25-26-27-29)20(28-12-8-7-9-13-28)18-15-16-14-17(31-6-2)10-11-19(16)24-22(18)30/h10-11,14-15,20H,5-9,12-13H2,1-4H3,(H,24,30)/p+1/t20-/m0/s1. The minimum atomic E-state index is -0.238. The van der Waals surface area contributed by atoms with Crippen molar-refractivity contribution < 1.29 is 9.64 Å². The van der Waals surface area contributed by atoms with Gasteiger partial charge in [-0.25, -0.2) is 4.68 Å². The highest BCUT2D eigenvalue weighted by Gasteiger charge is 2.37. The lowest BCUT2D eigenvalue weighted by molar-refractivity contribution is -0.931. The number of quaternary nitrogens is 1. The summed E-state index contributed by atoms with van der Waals surface area (Å²) in [5, 5.41) is 13.8. The van der Waals surface area contributed by atoms with Crippen molar-refractivity contribution in [2.24, 2.45) is 0 Å². The van der Waals surface area contributed by atoms with E-state index in [1.165, 1.54) is 11.3 Å². The number of benzene rings is 1. The van der Waals surface area contributed by atoms with Gasteiger partial charge in [0.2, 0.25) is 5.82 Å². The third kappa shape index (κ3) is 4.21. The molecular weight excluding hydrogens is 392 g/mol. The highest BCUT2D eigenvalue weighted by Crippen LogP contribution is 2.26. The summed E-state index contributed by atoms with van der Waals surface area (Å²) in [7, 11) is 0. The van der Waals surface area contributed by atoms with Gasteiger partial charge < -0.3 is 14.6 Å². The number of tetrazole rings is 1. The van der Waals surface area contributed by atoms with Gasteiger partial charge in [0.15, 0.2) is 6.04 Å². The average Bonchev–Trinajstić information content (AvgIpc) is 3.26. The van der Waals surface area contributed by atoms with Crippen LogP contribution in [-0.2, 0) is 5.54 Å². The van der Waals surface area contributed by atoms with Crippen LogP contribution < -0.4 is 15.2 Å². The van der Waals surface area contributed by atoms with E-state index in [-0.39, 0.29) is 17.1 Å². The number of piperidine rings is 1. The molecule has 31 heavy (non-hydrogen) atoms. The molecule has 1 fully saturated rings. The lowest BCUT2D eigenvalue weighted by atomic mass is 9.98. The number of ether oxygens (including phenoxy) is 1. The number of H-pyrrole nitrogens is 1. The molecule has 1 atom stereocenters. The van der Waals surface area contributed by atoms with Crippen molar-refractivity contribution in [2.45, 2.75) is 65.0 Å². The zero-order chi connectivity index (χ0) is 22.0. The van der Waals surface area contributed by atoms with Gasteiger partial charge in [-0.05, 0) is 81.1 Å². The maximum Gasteiger partial charge on any atom is 0.258 e. The molecule has 3 aromatic rings. The summed E-state index contributed by atoms with van der Waals surface area (Å²) < 4.78 is 7.59. The molecule has 1 saturated heterocycles. The predicted molar refractivity (Wildman–Crippen MR) is 120 cm³/mol. The highest BCUT2D eigenvalue weighted by molar-refractivity contribution is 5.80. The number of nitrogens with one attached hydrogen (secondary N) is 2. The average molecular weight is 426 g/mol. The summed E-state index contributed by atoms with van der Waals surface area (Å²) in [4.78, 5) is 17.7. The Bertz CT molecular complexity index is 1100. The number of hydrogen-bond donors (Lipinski definition) is 2. The molecule has 2 N–H and O–H groups in total. The molecule has 4 rings (SSSR count). The second-order valence-corrected chi connectivity index (χ2v) is 9.00. The largest absolute Gasteiger partial charge is 0.494 e. The number of rotatable bonds is 7. The minimum absolute atomic E-state index is 0.0800. The first-order valence-corrected chi connectivity index (χ1v) is 11.4. The van der Waals surface area contributed by atoms with Crippen molar-refractivity contribution >= 4 is 10.9 Å². The van der Waals surface area contributed by atoms with Crippen LogP contribution in [0.3, 0.4) is 0 Å². The van der Waals surface area contributed by atoms with Gasteiger partial charge in [0.05, 0.1) is 30.8 Å². The van der Waals surface area contributed by atoms with Gasteiger partial charge in [0, 0.05) is 10.9 Å². The van der Waals surface area contributed by atoms with Gasteiger partial charge in [0.1, 0.15) is 5.75 Å². The summed E-state index contributed by atoms with van der Waals surface area (Å²) >= 11 is 0. The quantitative estimate of drug-likeness (QED) is 0.606. The number of likely N-dealkylation sites (tertiary alicyclic amines) is 1. The summed E-state index contributed by atoms with van der Waals surface area (Å²) in [5.74, 6) is 1.56. The molecule has 0 saturated carbocycles. The molecule has 1 aliphatic heterocycles. The van der Waals surface area contributed by atoms with Crippen molar-refractivity contribution in [3.8, 4) is 5.75 Å². The molecule has 0 unspecified atom stereocenters. The van der Waals surface area contributed by atoms with Crippen LogP contribution in [0.15, 0.2) is 29.1 Å². The van der Waals surface area contributed by atoms with Gasteiger partial charge in [0.25, 0.3) is 5.56 Å². The number of aromatic amines is 1. The third-order valence-electron chi connectivity index (χ3n) is 6.56. The Labute approximate surface area is 182 Å². The maximum absolute atomic E-state index is 13.3. The zero-order valence-electron chi connectivity index (χ0n) is 18.9. The van der Waals surface area contributed by atoms with Crippen molar-refractivity contribution in [2.75, 3.05) is 19.7 Å². The van der Waals surface area contributed by atoms with Gasteiger partial charge in [-0.1, -0.05) is 6.92 Å². The third-order valence-corrected chi connectivity index (χ3v) is 6.56. The van der Waals surface area contributed by atoms with E-state index in [2.05, 4.69) is 41.3 Å². The molecule has 0 spiro atoms. The Morgan fingerprint density at radius 1 is 1.19 bits per heavy atom. The molecule has 0 aliphatic carbocycles. The number of pyridine rings is 1. The van der Waals surface area contributed by atoms with Crippen LogP contribution in [0.25, 0.3) is 10.9 Å². The van der Waals surface area contributed by atoms with Gasteiger partial charge in [-0.3, -0.25) is 4.79 Å². The lowest BCUT2D eigenvalue weighted by Crippen LogP contribution is -3.13. The molecule has 166 valence electrons. The molecular formula is C23H33N6O2+. The Balaban J connectivity index is 1.88. The first-order chi connectivity index (χ1) is 14.9. The molecule has 2 aromatic heterocycles. The van der Waals surface area contributed by atoms with Crippen LogP contribution in [0.2, 0.25) is 0 Å². The SMILES string of the molecule is CCOc1ccc2[nH]c(=O)c([C@@H](c3nnnn3C(C)(C)CC)[NH+]3CCCCC3)cc2c1. The fraction of sp³-hybridized carbons (Fsp3) is 0.565. The maximum atomic E-state index is 13.3. The molecule has 3 heterocycles. The summed E-state index contributed by atoms with van der Waals surface area (Å²) in [6, 6.07) is 7.56. The van der Waals surface area contributed by atoms with Gasteiger partial charge in [-0.15, -0.1) is 5.10 Å². The number of nitrogens with zero attached hydrogens (tertiary/aromatic N) is 4. The van der Waals surface area contributed by atoms with E-state index in [1.807, 2.05) is 35.9 Å². The monoisotopic (exact) mass is 425 g/mol. The second kappa shape index (κ2) is 8.78. The van der Waals surface area contributed by atoms with E-state index in [0.717, 1.165) is 54.8 Å². The fourth-order valence-electron chi connectivity index (χ4n) is 4.46. The van der Waals surface area contributed by atoms with Crippen molar-refractivity contribution in [1.82, 2.24) is 25.2 Å². The topological polar surface area (TPSA) is 90.1 Å². The van der Waals surface area contributed by atoms with Crippen LogP contribution in [-0.4, -0.2) is 44.9 Å². The van der Waals surface area contributed by atoms with Crippen LogP contribution in [0.1, 0.15) is 70.8 Å². The molecule has 0 bridgehead atoms. The second-order valence-electron chi connectivity index (χ2n) is 9.00. The molecule has 8 heteroatoms. The van der Waals surface area contributed by atoms with E-state index in [0.29, 0.717) is 12.2 Å². The Morgan fingerprint density at radius 2 is 1.97 bits per heavy atom. The van der Waals surface area contributed by atoms with E-state index in [9.17, 15) is 4.79 Å². The molecule has 0 amide bonds. The Kier molecular flexibility index (Phi) is 6.09. The van der Waals surface area contributed by atoms with Crippen molar-refractivity contribution in [1.29, 1.82) is 0 Å². The number of fused-ring (bicyclic) bond motifs is 1. The van der Waals surface area contributed by atoms with Crippen molar-refractivity contribution in [3.63, 3.8) is 0 Å². The molecule has 1 aromatic carbocycles. The van der Waals surface area contributed by atoms with Gasteiger partial charge >= 0.3 is 0 Å². The summed E-state index contributed by atoms with van der Waals surface area (Å²) in [6.45, 7) is 11.0. The van der Waals surface area contributed by atoms with E-state index in [1.54, 1.807) is 0 Å². The van der Waals surface area contributed by atoms with Crippen LogP contribution >= 0.6 is 0 Å². The van der Waals surface area contributed by atoms with Crippen LogP contribution in [0.5, 0.6) is 5.75 Å². The normalized spacial score (nSPS) is 16.5. The van der Waals surface area contributed by atoms with E-state index in [4.69, 9.17) is 4.74 Å². The minimum Gasteiger partial charge on any atom is -0.494 e. The van der Waals surface area contributed by atoms with Crippen LogP contribution in [0, 0.1) is 0 Å². The number of aromatic nitrogens is 5. The zero-order valence-corrected chi connectivity index (χ0v) is 18.9. The van der Waals surface area contributed by atoms with Crippen LogP contribution in [0.4, 0.5) is 0 Å². The Hall–Kier alpha value is -2.74. The summed E-state index contributed by atoms with van der Waals surface area (Å²) in [6.07, 6.45) is 4.40. The first kappa shape index (κ1) is 21.5. The Morgan fingerprint density at radius 3 is 2.68 bits per heavy atom. The fourth-order valence-corrected chi connectivity index (χ4v) is 4.46. The van der Waals surface area contributed by atoms with Gasteiger partial charge in [-0.2, -0.15) is 0 Å².